The van der Waals surface area contributed by atoms with Crippen molar-refractivity contribution in [1.82, 2.24) is 4.98 Å². The van der Waals surface area contributed by atoms with Crippen LogP contribution in [0.3, 0.4) is 0 Å². The molecule has 1 nitrogen and oxygen atoms in total. The van der Waals surface area contributed by atoms with Crippen LogP contribution in [0.5, 0.6) is 0 Å². The molecule has 0 radical (unpaired) electrons. The molecule has 1 unspecified atom stereocenters. The lowest BCUT2D eigenvalue weighted by atomic mass is 10.1. The van der Waals surface area contributed by atoms with Gasteiger partial charge in [0.1, 0.15) is 0 Å². The van der Waals surface area contributed by atoms with E-state index in [1.165, 1.54) is 0 Å². The van der Waals surface area contributed by atoms with Crippen molar-refractivity contribution in [3.05, 3.63) is 61.3 Å². The Labute approximate surface area is 143 Å². The Kier molecular flexibility index (Phi) is 4.46. The molecule has 102 valence electrons. The molecular formula is C15H10Br2ClNS. The van der Waals surface area contributed by atoms with Gasteiger partial charge in [-0.1, -0.05) is 24.3 Å². The highest BCUT2D eigenvalue weighted by molar-refractivity contribution is 9.13. The van der Waals surface area contributed by atoms with Gasteiger partial charge in [-0.2, -0.15) is 0 Å². The van der Waals surface area contributed by atoms with Crippen molar-refractivity contribution in [2.75, 3.05) is 0 Å². The summed E-state index contributed by atoms with van der Waals surface area (Å²) in [7, 11) is 0. The van der Waals surface area contributed by atoms with Gasteiger partial charge in [-0.15, -0.1) is 22.9 Å². The van der Waals surface area contributed by atoms with Crippen LogP contribution in [0.25, 0.3) is 10.9 Å². The maximum atomic E-state index is 6.51. The van der Waals surface area contributed by atoms with Gasteiger partial charge >= 0.3 is 0 Å². The predicted octanol–water partition coefficient (Wildman–Crippen LogP) is 6.34. The van der Waals surface area contributed by atoms with E-state index in [1.807, 2.05) is 18.2 Å². The van der Waals surface area contributed by atoms with Gasteiger partial charge in [-0.3, -0.25) is 4.98 Å². The lowest BCUT2D eigenvalue weighted by Gasteiger charge is -2.07. The van der Waals surface area contributed by atoms with Crippen LogP contribution in [0.4, 0.5) is 0 Å². The van der Waals surface area contributed by atoms with Crippen LogP contribution in [0.2, 0.25) is 0 Å². The largest absolute Gasteiger partial charge is 0.253 e. The first-order valence-corrected chi connectivity index (χ1v) is 8.91. The lowest BCUT2D eigenvalue weighted by Crippen LogP contribution is -1.96. The molecule has 0 fully saturated rings. The van der Waals surface area contributed by atoms with Crippen LogP contribution < -0.4 is 0 Å². The number of thiophene rings is 1. The Morgan fingerprint density at radius 2 is 1.95 bits per heavy atom. The van der Waals surface area contributed by atoms with Gasteiger partial charge in [0.05, 0.1) is 14.7 Å². The molecule has 0 amide bonds. The van der Waals surface area contributed by atoms with E-state index in [1.54, 1.807) is 11.3 Å². The number of aromatic nitrogens is 1. The van der Waals surface area contributed by atoms with Crippen molar-refractivity contribution in [2.45, 2.75) is 11.8 Å². The van der Waals surface area contributed by atoms with Crippen LogP contribution in [0, 0.1) is 0 Å². The maximum absolute atomic E-state index is 6.51. The number of fused-ring (bicyclic) bond motifs is 1. The number of hydrogen-bond donors (Lipinski definition) is 0. The molecule has 0 aliphatic rings. The van der Waals surface area contributed by atoms with Crippen LogP contribution in [0.15, 0.2) is 50.7 Å². The second-order valence-corrected chi connectivity index (χ2v) is 8.22. The number of halogens is 3. The van der Waals surface area contributed by atoms with Gasteiger partial charge in [0, 0.05) is 26.9 Å². The number of hydrogen-bond acceptors (Lipinski definition) is 2. The SMILES string of the molecule is ClC(Cc1ccc2ccccc2n1)c1cc(Br)c(Br)s1. The topological polar surface area (TPSA) is 12.9 Å². The molecule has 0 spiro atoms. The van der Waals surface area contributed by atoms with Gasteiger partial charge in [-0.05, 0) is 50.1 Å². The predicted molar refractivity (Wildman–Crippen MR) is 93.8 cm³/mol. The van der Waals surface area contributed by atoms with Crippen LogP contribution in [0.1, 0.15) is 15.9 Å². The first-order chi connectivity index (χ1) is 9.63. The fourth-order valence-electron chi connectivity index (χ4n) is 2.02. The summed E-state index contributed by atoms with van der Waals surface area (Å²) in [6.07, 6.45) is 0.728. The quantitative estimate of drug-likeness (QED) is 0.441. The lowest BCUT2D eigenvalue weighted by molar-refractivity contribution is 0.904. The van der Waals surface area contributed by atoms with Crippen molar-refractivity contribution in [3.8, 4) is 0 Å². The third-order valence-corrected chi connectivity index (χ3v) is 6.91. The molecule has 2 aromatic heterocycles. The molecule has 3 rings (SSSR count). The van der Waals surface area contributed by atoms with E-state index in [0.717, 1.165) is 36.2 Å². The van der Waals surface area contributed by atoms with Crippen molar-refractivity contribution in [2.24, 2.45) is 0 Å². The zero-order chi connectivity index (χ0) is 14.1. The maximum Gasteiger partial charge on any atom is 0.0843 e. The molecule has 1 atom stereocenters. The summed E-state index contributed by atoms with van der Waals surface area (Å²) in [4.78, 5) is 5.81. The summed E-state index contributed by atoms with van der Waals surface area (Å²) >= 11 is 15.2. The Morgan fingerprint density at radius 1 is 1.15 bits per heavy atom. The van der Waals surface area contributed by atoms with Gasteiger partial charge in [-0.25, -0.2) is 0 Å². The van der Waals surface area contributed by atoms with Gasteiger partial charge in [0.15, 0.2) is 0 Å². The number of nitrogens with zero attached hydrogens (tertiary/aromatic N) is 1. The Balaban J connectivity index is 1.85. The van der Waals surface area contributed by atoms with E-state index >= 15 is 0 Å². The molecule has 1 aromatic carbocycles. The molecule has 0 saturated carbocycles. The normalized spacial score (nSPS) is 12.8. The molecule has 0 aliphatic heterocycles. The Bertz CT molecular complexity index is 737. The van der Waals surface area contributed by atoms with E-state index in [9.17, 15) is 0 Å². The second kappa shape index (κ2) is 6.14. The highest BCUT2D eigenvalue weighted by Gasteiger charge is 2.14. The molecule has 0 aliphatic carbocycles. The number of benzene rings is 1. The van der Waals surface area contributed by atoms with Gasteiger partial charge in [0.2, 0.25) is 0 Å². The van der Waals surface area contributed by atoms with E-state index in [4.69, 9.17) is 11.6 Å². The highest BCUT2D eigenvalue weighted by atomic mass is 79.9. The van der Waals surface area contributed by atoms with Crippen molar-refractivity contribution < 1.29 is 0 Å². The monoisotopic (exact) mass is 429 g/mol. The molecule has 0 saturated heterocycles. The summed E-state index contributed by atoms with van der Waals surface area (Å²) in [5.74, 6) is 0. The minimum absolute atomic E-state index is 0.0590. The van der Waals surface area contributed by atoms with Gasteiger partial charge < -0.3 is 0 Å². The molecule has 3 aromatic rings. The zero-order valence-electron chi connectivity index (χ0n) is 10.3. The number of alkyl halides is 1. The summed E-state index contributed by atoms with van der Waals surface area (Å²) in [5.41, 5.74) is 2.03. The fraction of sp³-hybridized carbons (Fsp3) is 0.133. The minimum Gasteiger partial charge on any atom is -0.253 e. The molecular weight excluding hydrogens is 421 g/mol. The van der Waals surface area contributed by atoms with Gasteiger partial charge in [0.25, 0.3) is 0 Å². The Morgan fingerprint density at radius 3 is 2.70 bits per heavy atom. The summed E-state index contributed by atoms with van der Waals surface area (Å²) in [6.45, 7) is 0. The summed E-state index contributed by atoms with van der Waals surface area (Å²) < 4.78 is 2.12. The minimum atomic E-state index is -0.0590. The average molecular weight is 432 g/mol. The summed E-state index contributed by atoms with van der Waals surface area (Å²) in [5, 5.41) is 1.10. The van der Waals surface area contributed by atoms with E-state index < -0.39 is 0 Å². The van der Waals surface area contributed by atoms with E-state index in [-0.39, 0.29) is 5.38 Å². The van der Waals surface area contributed by atoms with Crippen molar-refractivity contribution in [3.63, 3.8) is 0 Å². The number of pyridine rings is 1. The first-order valence-electron chi connectivity index (χ1n) is 6.07. The standard InChI is InChI=1S/C15H10Br2ClNS/c16-11-8-14(20-15(11)17)12(18)7-10-6-5-9-3-1-2-4-13(9)19-10/h1-6,8,12H,7H2. The third kappa shape index (κ3) is 3.08. The molecule has 0 N–H and O–H groups in total. The molecule has 0 bridgehead atoms. The number of rotatable bonds is 3. The molecule has 5 heteroatoms. The summed E-state index contributed by atoms with van der Waals surface area (Å²) in [6, 6.07) is 14.3. The van der Waals surface area contributed by atoms with E-state index in [2.05, 4.69) is 61.1 Å². The van der Waals surface area contributed by atoms with Crippen LogP contribution in [-0.2, 0) is 6.42 Å². The average Bonchev–Trinajstić information content (AvgIpc) is 2.79. The zero-order valence-corrected chi connectivity index (χ0v) is 15.1. The van der Waals surface area contributed by atoms with Crippen LogP contribution in [-0.4, -0.2) is 4.98 Å². The highest BCUT2D eigenvalue weighted by Crippen LogP contribution is 2.38. The second-order valence-electron chi connectivity index (χ2n) is 4.44. The van der Waals surface area contributed by atoms with Crippen LogP contribution >= 0.6 is 54.8 Å². The molecule has 2 heterocycles. The molecule has 20 heavy (non-hydrogen) atoms. The Hall–Kier alpha value is -0.420. The third-order valence-electron chi connectivity index (χ3n) is 3.02. The number of para-hydroxylation sites is 1. The smallest absolute Gasteiger partial charge is 0.0843 e. The van der Waals surface area contributed by atoms with Crippen molar-refractivity contribution >= 4 is 65.7 Å². The van der Waals surface area contributed by atoms with E-state index in [0.29, 0.717) is 0 Å². The fourth-order valence-corrected chi connectivity index (χ4v) is 4.45. The first kappa shape index (κ1) is 14.5. The van der Waals surface area contributed by atoms with Crippen molar-refractivity contribution in [1.29, 1.82) is 0 Å².